The SMILES string of the molecule is CCNC(c1c(Br)cnn1CCOC)C1CC2CCC1O2. The van der Waals surface area contributed by atoms with Crippen LogP contribution in [0.4, 0.5) is 0 Å². The first kappa shape index (κ1) is 15.5. The lowest BCUT2D eigenvalue weighted by atomic mass is 9.82. The Morgan fingerprint density at radius 3 is 3.05 bits per heavy atom. The topological polar surface area (TPSA) is 48.3 Å². The molecule has 0 saturated carbocycles. The summed E-state index contributed by atoms with van der Waals surface area (Å²) in [7, 11) is 1.73. The highest BCUT2D eigenvalue weighted by Gasteiger charge is 2.45. The minimum Gasteiger partial charge on any atom is -0.383 e. The van der Waals surface area contributed by atoms with Gasteiger partial charge in [0.1, 0.15) is 0 Å². The molecule has 0 spiro atoms. The van der Waals surface area contributed by atoms with Gasteiger partial charge in [-0.05, 0) is 41.7 Å². The van der Waals surface area contributed by atoms with E-state index in [1.54, 1.807) is 7.11 Å². The average Bonchev–Trinajstić information content (AvgIpc) is 3.18. The van der Waals surface area contributed by atoms with Gasteiger partial charge in [0.2, 0.25) is 0 Å². The third-order valence-electron chi connectivity index (χ3n) is 4.64. The van der Waals surface area contributed by atoms with E-state index >= 15 is 0 Å². The number of methoxy groups -OCH3 is 1. The molecule has 0 amide bonds. The van der Waals surface area contributed by atoms with E-state index in [0.717, 1.165) is 24.0 Å². The molecule has 0 aromatic carbocycles. The second-order valence-corrected chi connectivity index (χ2v) is 6.76. The first-order valence-corrected chi connectivity index (χ1v) is 8.62. The Hall–Kier alpha value is -0.430. The largest absolute Gasteiger partial charge is 0.383 e. The van der Waals surface area contributed by atoms with E-state index in [2.05, 4.69) is 38.0 Å². The maximum absolute atomic E-state index is 6.06. The molecule has 6 heteroatoms. The Kier molecular flexibility index (Phi) is 4.99. The average molecular weight is 358 g/mol. The molecule has 21 heavy (non-hydrogen) atoms. The fourth-order valence-electron chi connectivity index (χ4n) is 3.74. The molecule has 3 heterocycles. The van der Waals surface area contributed by atoms with Gasteiger partial charge in [-0.25, -0.2) is 0 Å². The molecule has 118 valence electrons. The monoisotopic (exact) mass is 357 g/mol. The van der Waals surface area contributed by atoms with Crippen molar-refractivity contribution in [1.29, 1.82) is 0 Å². The van der Waals surface area contributed by atoms with Crippen LogP contribution in [0.15, 0.2) is 10.7 Å². The number of halogens is 1. The van der Waals surface area contributed by atoms with E-state index in [1.807, 2.05) is 6.20 Å². The van der Waals surface area contributed by atoms with E-state index in [1.165, 1.54) is 18.5 Å². The molecule has 2 aliphatic rings. The van der Waals surface area contributed by atoms with Crippen LogP contribution in [0, 0.1) is 5.92 Å². The summed E-state index contributed by atoms with van der Waals surface area (Å²) in [4.78, 5) is 0. The van der Waals surface area contributed by atoms with Crippen LogP contribution in [-0.2, 0) is 16.0 Å². The summed E-state index contributed by atoms with van der Waals surface area (Å²) in [5, 5.41) is 8.16. The van der Waals surface area contributed by atoms with Crippen LogP contribution in [0.1, 0.15) is 37.9 Å². The van der Waals surface area contributed by atoms with Gasteiger partial charge >= 0.3 is 0 Å². The van der Waals surface area contributed by atoms with Crippen molar-refractivity contribution in [2.24, 2.45) is 5.92 Å². The molecular weight excluding hydrogens is 334 g/mol. The van der Waals surface area contributed by atoms with Crippen LogP contribution in [0.25, 0.3) is 0 Å². The van der Waals surface area contributed by atoms with E-state index < -0.39 is 0 Å². The van der Waals surface area contributed by atoms with Crippen molar-refractivity contribution < 1.29 is 9.47 Å². The van der Waals surface area contributed by atoms with Gasteiger partial charge in [0.15, 0.2) is 0 Å². The molecule has 0 radical (unpaired) electrons. The van der Waals surface area contributed by atoms with Crippen molar-refractivity contribution in [3.05, 3.63) is 16.4 Å². The minimum absolute atomic E-state index is 0.291. The van der Waals surface area contributed by atoms with Crippen molar-refractivity contribution in [3.63, 3.8) is 0 Å². The van der Waals surface area contributed by atoms with Gasteiger partial charge in [-0.1, -0.05) is 6.92 Å². The van der Waals surface area contributed by atoms with E-state index in [0.29, 0.717) is 30.8 Å². The smallest absolute Gasteiger partial charge is 0.0700 e. The highest BCUT2D eigenvalue weighted by Crippen LogP contribution is 2.45. The predicted molar refractivity (Wildman–Crippen MR) is 84.2 cm³/mol. The third-order valence-corrected chi connectivity index (χ3v) is 5.25. The van der Waals surface area contributed by atoms with E-state index in [9.17, 15) is 0 Å². The number of rotatable bonds is 7. The summed E-state index contributed by atoms with van der Waals surface area (Å²) < 4.78 is 14.4. The van der Waals surface area contributed by atoms with Gasteiger partial charge in [0.05, 0.1) is 47.8 Å². The molecule has 1 N–H and O–H groups in total. The maximum atomic E-state index is 6.06. The second kappa shape index (κ2) is 6.77. The van der Waals surface area contributed by atoms with Crippen LogP contribution < -0.4 is 5.32 Å². The molecule has 1 aromatic rings. The van der Waals surface area contributed by atoms with Gasteiger partial charge in [-0.3, -0.25) is 4.68 Å². The van der Waals surface area contributed by atoms with Crippen molar-refractivity contribution in [3.8, 4) is 0 Å². The Morgan fingerprint density at radius 1 is 1.57 bits per heavy atom. The molecular formula is C15H24BrN3O2. The molecule has 4 atom stereocenters. The quantitative estimate of drug-likeness (QED) is 0.814. The number of ether oxygens (including phenoxy) is 2. The number of fused-ring (bicyclic) bond motifs is 2. The molecule has 3 rings (SSSR count). The van der Waals surface area contributed by atoms with Crippen LogP contribution in [0.2, 0.25) is 0 Å². The summed E-state index contributed by atoms with van der Waals surface area (Å²) >= 11 is 3.67. The fourth-order valence-corrected chi connectivity index (χ4v) is 4.28. The van der Waals surface area contributed by atoms with Crippen LogP contribution >= 0.6 is 15.9 Å². The highest BCUT2D eigenvalue weighted by atomic mass is 79.9. The van der Waals surface area contributed by atoms with Crippen molar-refractivity contribution in [2.75, 3.05) is 20.3 Å². The number of hydrogen-bond acceptors (Lipinski definition) is 4. The number of nitrogens with zero attached hydrogens (tertiary/aromatic N) is 2. The van der Waals surface area contributed by atoms with Gasteiger partial charge < -0.3 is 14.8 Å². The summed E-state index contributed by atoms with van der Waals surface area (Å²) in [5.74, 6) is 0.540. The second-order valence-electron chi connectivity index (χ2n) is 5.90. The van der Waals surface area contributed by atoms with Crippen LogP contribution in [0.3, 0.4) is 0 Å². The Bertz CT molecular complexity index is 479. The molecule has 2 bridgehead atoms. The molecule has 0 aliphatic carbocycles. The zero-order valence-corrected chi connectivity index (χ0v) is 14.3. The Morgan fingerprint density at radius 2 is 2.43 bits per heavy atom. The zero-order valence-electron chi connectivity index (χ0n) is 12.7. The van der Waals surface area contributed by atoms with Crippen molar-refractivity contribution >= 4 is 15.9 Å². The lowest BCUT2D eigenvalue weighted by Gasteiger charge is -2.30. The van der Waals surface area contributed by atoms with Gasteiger partial charge in [0, 0.05) is 13.0 Å². The third kappa shape index (κ3) is 3.04. The number of aromatic nitrogens is 2. The molecule has 5 nitrogen and oxygen atoms in total. The minimum atomic E-state index is 0.291. The van der Waals surface area contributed by atoms with Crippen molar-refractivity contribution in [2.45, 2.75) is 51.0 Å². The molecule has 1 aromatic heterocycles. The maximum Gasteiger partial charge on any atom is 0.0700 e. The molecule has 2 saturated heterocycles. The van der Waals surface area contributed by atoms with E-state index in [-0.39, 0.29) is 0 Å². The highest BCUT2D eigenvalue weighted by molar-refractivity contribution is 9.10. The summed E-state index contributed by atoms with van der Waals surface area (Å²) in [6.45, 7) is 4.56. The molecule has 4 unspecified atom stereocenters. The molecule has 2 aliphatic heterocycles. The lowest BCUT2D eigenvalue weighted by molar-refractivity contribution is 0.0848. The molecule has 2 fully saturated rings. The van der Waals surface area contributed by atoms with Crippen LogP contribution in [0.5, 0.6) is 0 Å². The Labute approximate surface area is 134 Å². The summed E-state index contributed by atoms with van der Waals surface area (Å²) in [6.07, 6.45) is 6.34. The summed E-state index contributed by atoms with van der Waals surface area (Å²) in [5.41, 5.74) is 1.23. The zero-order chi connectivity index (χ0) is 14.8. The standard InChI is InChI=1S/C15H24BrN3O2/c1-3-17-14(11-8-10-4-5-13(11)21-10)15-12(16)9-18-19(15)6-7-20-2/h9-11,13-14,17H,3-8H2,1-2H3. The van der Waals surface area contributed by atoms with Crippen LogP contribution in [-0.4, -0.2) is 42.2 Å². The van der Waals surface area contributed by atoms with E-state index in [4.69, 9.17) is 9.47 Å². The van der Waals surface area contributed by atoms with Gasteiger partial charge in [-0.15, -0.1) is 0 Å². The fraction of sp³-hybridized carbons (Fsp3) is 0.800. The summed E-state index contributed by atoms with van der Waals surface area (Å²) in [6, 6.07) is 0.291. The van der Waals surface area contributed by atoms with Crippen molar-refractivity contribution in [1.82, 2.24) is 15.1 Å². The lowest BCUT2D eigenvalue weighted by Crippen LogP contribution is -2.35. The number of hydrogen-bond donors (Lipinski definition) is 1. The normalized spacial score (nSPS) is 29.2. The number of nitrogens with one attached hydrogen (secondary N) is 1. The van der Waals surface area contributed by atoms with Gasteiger partial charge in [-0.2, -0.15) is 5.10 Å². The predicted octanol–water partition coefficient (Wildman–Crippen LogP) is 2.51. The first-order valence-electron chi connectivity index (χ1n) is 7.83. The van der Waals surface area contributed by atoms with Gasteiger partial charge in [0.25, 0.3) is 0 Å². The Balaban J connectivity index is 1.85. The first-order chi connectivity index (χ1) is 10.2.